The molecule has 0 bridgehead atoms. The van der Waals surface area contributed by atoms with Gasteiger partial charge in [0.15, 0.2) is 5.82 Å². The first-order valence-electron chi connectivity index (χ1n) is 10.8. The number of rotatable bonds is 4. The lowest BCUT2D eigenvalue weighted by atomic mass is 9.85. The van der Waals surface area contributed by atoms with Crippen molar-refractivity contribution in [1.29, 1.82) is 5.26 Å². The van der Waals surface area contributed by atoms with Crippen molar-refractivity contribution in [3.63, 3.8) is 0 Å². The fourth-order valence-corrected chi connectivity index (χ4v) is 6.48. The van der Waals surface area contributed by atoms with Gasteiger partial charge in [0.05, 0.1) is 28.4 Å². The summed E-state index contributed by atoms with van der Waals surface area (Å²) in [5, 5.41) is 18.0. The summed E-state index contributed by atoms with van der Waals surface area (Å²) in [4.78, 5) is 15.7. The van der Waals surface area contributed by atoms with Gasteiger partial charge in [-0.05, 0) is 42.7 Å². The van der Waals surface area contributed by atoms with E-state index in [2.05, 4.69) is 16.4 Å². The summed E-state index contributed by atoms with van der Waals surface area (Å²) < 4.78 is 28.4. The van der Waals surface area contributed by atoms with E-state index in [9.17, 15) is 18.5 Å². The van der Waals surface area contributed by atoms with E-state index >= 15 is 0 Å². The minimum absolute atomic E-state index is 0.0862. The molecule has 0 spiro atoms. The van der Waals surface area contributed by atoms with Crippen LogP contribution in [-0.4, -0.2) is 34.0 Å². The van der Waals surface area contributed by atoms with E-state index in [1.54, 1.807) is 24.4 Å². The van der Waals surface area contributed by atoms with Crippen molar-refractivity contribution < 1.29 is 8.42 Å². The molecule has 1 unspecified atom stereocenters. The number of aromatic amines is 1. The zero-order valence-electron chi connectivity index (χ0n) is 17.7. The summed E-state index contributed by atoms with van der Waals surface area (Å²) in [5.74, 6) is 0.251. The molecule has 5 rings (SSSR count). The summed E-state index contributed by atoms with van der Waals surface area (Å²) in [7, 11) is -3.45. The maximum absolute atomic E-state index is 12.7. The Balaban J connectivity index is 1.57. The molecule has 32 heavy (non-hydrogen) atoms. The van der Waals surface area contributed by atoms with Gasteiger partial charge in [0.25, 0.3) is 5.56 Å². The number of hydrogen-bond acceptors (Lipinski definition) is 6. The smallest absolute Gasteiger partial charge is 0.261 e. The van der Waals surface area contributed by atoms with Gasteiger partial charge < -0.3 is 10.3 Å². The SMILES string of the molecule is CCN1Cc2cc(Nc3nn([C@H]4CCCCC4C#N)c4cc[nH]c(=O)c34)ccc2S1(=O)=O. The molecule has 1 aromatic carbocycles. The molecule has 2 aliphatic rings. The monoisotopic (exact) mass is 452 g/mol. The first-order chi connectivity index (χ1) is 15.4. The number of sulfonamides is 1. The molecule has 2 N–H and O–H groups in total. The van der Waals surface area contributed by atoms with Gasteiger partial charge in [0.1, 0.15) is 5.39 Å². The predicted molar refractivity (Wildman–Crippen MR) is 120 cm³/mol. The maximum atomic E-state index is 12.7. The molecule has 0 amide bonds. The predicted octanol–water partition coefficient (Wildman–Crippen LogP) is 3.25. The standard InChI is InChI=1S/C22H24N6O3S/c1-2-27-13-15-11-16(7-8-19(15)32(27,30)31)25-21-20-18(9-10-24-22(20)29)28(26-21)17-6-4-3-5-14(17)12-23/h7-11,14,17H,2-6,13H2,1H3,(H,24,29)(H,25,26)/t14?,17-/m0/s1. The van der Waals surface area contributed by atoms with Gasteiger partial charge in [0, 0.05) is 25.0 Å². The molecular weight excluding hydrogens is 428 g/mol. The minimum Gasteiger partial charge on any atom is -0.338 e. The van der Waals surface area contributed by atoms with E-state index in [0.29, 0.717) is 46.0 Å². The lowest BCUT2D eigenvalue weighted by Gasteiger charge is -2.27. The normalized spacial score (nSPS) is 22.5. The van der Waals surface area contributed by atoms with E-state index in [1.165, 1.54) is 4.31 Å². The van der Waals surface area contributed by atoms with Gasteiger partial charge in [0.2, 0.25) is 10.0 Å². The summed E-state index contributed by atoms with van der Waals surface area (Å²) in [6.07, 6.45) is 5.29. The second kappa shape index (κ2) is 7.76. The second-order valence-electron chi connectivity index (χ2n) is 8.33. The lowest BCUT2D eigenvalue weighted by Crippen LogP contribution is -2.23. The van der Waals surface area contributed by atoms with Gasteiger partial charge >= 0.3 is 0 Å². The topological polar surface area (TPSA) is 124 Å². The number of anilines is 2. The average Bonchev–Trinajstić information content (AvgIpc) is 3.28. The van der Waals surface area contributed by atoms with Crippen molar-refractivity contribution in [3.05, 3.63) is 46.4 Å². The fraction of sp³-hybridized carbons (Fsp3) is 0.409. The molecule has 166 valence electrons. The van der Waals surface area contributed by atoms with Crippen molar-refractivity contribution in [3.8, 4) is 6.07 Å². The van der Waals surface area contributed by atoms with Crippen LogP contribution in [0.2, 0.25) is 0 Å². The minimum atomic E-state index is -3.45. The van der Waals surface area contributed by atoms with Crippen LogP contribution in [0.1, 0.15) is 44.2 Å². The molecule has 1 aliphatic heterocycles. The number of fused-ring (bicyclic) bond motifs is 2. The molecule has 0 radical (unpaired) electrons. The highest BCUT2D eigenvalue weighted by Gasteiger charge is 2.34. The molecular formula is C22H24N6O3S. The highest BCUT2D eigenvalue weighted by Crippen LogP contribution is 2.37. The van der Waals surface area contributed by atoms with E-state index < -0.39 is 10.0 Å². The summed E-state index contributed by atoms with van der Waals surface area (Å²) in [5.41, 5.74) is 1.80. The third kappa shape index (κ3) is 3.20. The van der Waals surface area contributed by atoms with Crippen LogP contribution in [0.5, 0.6) is 0 Å². The Morgan fingerprint density at radius 3 is 2.88 bits per heavy atom. The van der Waals surface area contributed by atoms with Crippen LogP contribution >= 0.6 is 0 Å². The molecule has 3 aromatic rings. The number of benzene rings is 1. The first kappa shape index (κ1) is 20.7. The van der Waals surface area contributed by atoms with Crippen molar-refractivity contribution >= 4 is 32.4 Å². The third-order valence-corrected chi connectivity index (χ3v) is 8.50. The van der Waals surface area contributed by atoms with Crippen molar-refractivity contribution in [2.45, 2.75) is 50.1 Å². The fourth-order valence-electron chi connectivity index (χ4n) is 4.86. The number of nitrogens with zero attached hydrogens (tertiary/aromatic N) is 4. The molecule has 1 saturated carbocycles. The molecule has 0 saturated heterocycles. The second-order valence-corrected chi connectivity index (χ2v) is 10.2. The molecule has 2 atom stereocenters. The van der Waals surface area contributed by atoms with Crippen LogP contribution in [-0.2, 0) is 16.6 Å². The van der Waals surface area contributed by atoms with E-state index in [1.807, 2.05) is 17.7 Å². The number of H-pyrrole nitrogens is 1. The Kier molecular flexibility index (Phi) is 5.03. The summed E-state index contributed by atoms with van der Waals surface area (Å²) in [6, 6.07) is 9.21. The van der Waals surface area contributed by atoms with Gasteiger partial charge in [-0.1, -0.05) is 19.8 Å². The highest BCUT2D eigenvalue weighted by atomic mass is 32.2. The molecule has 1 fully saturated rings. The molecule has 9 nitrogen and oxygen atoms in total. The van der Waals surface area contributed by atoms with Crippen LogP contribution in [0.4, 0.5) is 11.5 Å². The van der Waals surface area contributed by atoms with Crippen molar-refractivity contribution in [2.75, 3.05) is 11.9 Å². The van der Waals surface area contributed by atoms with Crippen LogP contribution in [0.3, 0.4) is 0 Å². The van der Waals surface area contributed by atoms with Crippen LogP contribution in [0.15, 0.2) is 40.2 Å². The van der Waals surface area contributed by atoms with Crippen LogP contribution in [0, 0.1) is 17.2 Å². The first-order valence-corrected chi connectivity index (χ1v) is 12.3. The largest absolute Gasteiger partial charge is 0.338 e. The molecule has 2 aromatic heterocycles. The Hall–Kier alpha value is -3.16. The number of pyridine rings is 1. The number of nitrogens with one attached hydrogen (secondary N) is 2. The van der Waals surface area contributed by atoms with Gasteiger partial charge in [-0.25, -0.2) is 8.42 Å². The zero-order valence-corrected chi connectivity index (χ0v) is 18.5. The number of hydrogen-bond donors (Lipinski definition) is 2. The van der Waals surface area contributed by atoms with E-state index in [0.717, 1.165) is 25.7 Å². The molecule has 10 heteroatoms. The Morgan fingerprint density at radius 1 is 1.28 bits per heavy atom. The third-order valence-electron chi connectivity index (χ3n) is 6.48. The van der Waals surface area contributed by atoms with Crippen LogP contribution < -0.4 is 10.9 Å². The van der Waals surface area contributed by atoms with Crippen LogP contribution in [0.25, 0.3) is 10.9 Å². The zero-order chi connectivity index (χ0) is 22.5. The molecule has 1 aliphatic carbocycles. The Labute approximate surface area is 185 Å². The number of nitriles is 1. The van der Waals surface area contributed by atoms with Gasteiger partial charge in [-0.15, -0.1) is 0 Å². The van der Waals surface area contributed by atoms with E-state index in [-0.39, 0.29) is 17.5 Å². The lowest BCUT2D eigenvalue weighted by molar-refractivity contribution is 0.277. The van der Waals surface area contributed by atoms with Crippen molar-refractivity contribution in [1.82, 2.24) is 19.1 Å². The maximum Gasteiger partial charge on any atom is 0.261 e. The Morgan fingerprint density at radius 2 is 2.09 bits per heavy atom. The van der Waals surface area contributed by atoms with Gasteiger partial charge in [-0.2, -0.15) is 14.7 Å². The highest BCUT2D eigenvalue weighted by molar-refractivity contribution is 7.89. The van der Waals surface area contributed by atoms with E-state index in [4.69, 9.17) is 5.10 Å². The molecule has 3 heterocycles. The van der Waals surface area contributed by atoms with Gasteiger partial charge in [-0.3, -0.25) is 9.48 Å². The average molecular weight is 453 g/mol. The Bertz CT molecular complexity index is 1400. The quantitative estimate of drug-likeness (QED) is 0.626. The van der Waals surface area contributed by atoms with Crippen molar-refractivity contribution in [2.24, 2.45) is 5.92 Å². The summed E-state index contributed by atoms with van der Waals surface area (Å²) in [6.45, 7) is 2.55. The number of aromatic nitrogens is 3. The summed E-state index contributed by atoms with van der Waals surface area (Å²) >= 11 is 0.